The van der Waals surface area contributed by atoms with Crippen LogP contribution in [0.4, 0.5) is 0 Å². The van der Waals surface area contributed by atoms with E-state index in [4.69, 9.17) is 4.74 Å². The van der Waals surface area contributed by atoms with Gasteiger partial charge >= 0.3 is 0 Å². The average molecular weight is 293 g/mol. The van der Waals surface area contributed by atoms with Crippen molar-refractivity contribution in [3.8, 4) is 0 Å². The summed E-state index contributed by atoms with van der Waals surface area (Å²) in [5, 5.41) is 5.83. The molecule has 0 aromatic carbocycles. The quantitative estimate of drug-likeness (QED) is 0.880. The summed E-state index contributed by atoms with van der Waals surface area (Å²) in [6.07, 6.45) is 10.9. The van der Waals surface area contributed by atoms with Crippen molar-refractivity contribution < 1.29 is 4.74 Å². The molecule has 3 rings (SSSR count). The van der Waals surface area contributed by atoms with E-state index in [-0.39, 0.29) is 5.60 Å². The zero-order valence-electron chi connectivity index (χ0n) is 12.6. The minimum absolute atomic E-state index is 0.265. The van der Waals surface area contributed by atoms with Crippen molar-refractivity contribution in [2.75, 3.05) is 6.54 Å². The Balaban J connectivity index is 1.41. The highest BCUT2D eigenvalue weighted by Crippen LogP contribution is 2.41. The molecular formula is C17H27NOS. The fraction of sp³-hybridized carbons (Fsp3) is 0.765. The van der Waals surface area contributed by atoms with Gasteiger partial charge in [-0.2, -0.15) is 0 Å². The van der Waals surface area contributed by atoms with Crippen LogP contribution in [0, 0.1) is 0 Å². The second kappa shape index (κ2) is 6.59. The first kappa shape index (κ1) is 14.6. The van der Waals surface area contributed by atoms with E-state index in [0.717, 1.165) is 13.0 Å². The highest BCUT2D eigenvalue weighted by molar-refractivity contribution is 7.09. The van der Waals surface area contributed by atoms with Crippen molar-refractivity contribution in [3.63, 3.8) is 0 Å². The highest BCUT2D eigenvalue weighted by atomic mass is 32.1. The van der Waals surface area contributed by atoms with E-state index < -0.39 is 0 Å². The molecule has 1 aromatic heterocycles. The van der Waals surface area contributed by atoms with Gasteiger partial charge in [0.15, 0.2) is 0 Å². The van der Waals surface area contributed by atoms with Gasteiger partial charge in [0.05, 0.1) is 11.7 Å². The standard InChI is InChI=1S/C17H27NOS/c1-14(12-16-6-5-11-20-16)18-13-15-7-10-17(19-15)8-3-2-4-9-17/h5-6,11,14-15,18H,2-4,7-10,12-13H2,1H3. The number of nitrogens with one attached hydrogen (secondary N) is 1. The molecule has 20 heavy (non-hydrogen) atoms. The molecule has 1 aromatic rings. The maximum absolute atomic E-state index is 6.42. The SMILES string of the molecule is CC(Cc1cccs1)NCC1CCC2(CCCCC2)O1. The molecule has 2 aliphatic rings. The first-order valence-electron chi connectivity index (χ1n) is 8.19. The molecule has 1 aliphatic heterocycles. The molecule has 1 spiro atoms. The minimum atomic E-state index is 0.265. The van der Waals surface area contributed by atoms with Crippen LogP contribution in [0.5, 0.6) is 0 Å². The minimum Gasteiger partial charge on any atom is -0.370 e. The van der Waals surface area contributed by atoms with Crippen LogP contribution in [0.2, 0.25) is 0 Å². The summed E-state index contributed by atoms with van der Waals surface area (Å²) in [6, 6.07) is 4.91. The molecule has 2 heterocycles. The maximum Gasteiger partial charge on any atom is 0.0708 e. The summed E-state index contributed by atoms with van der Waals surface area (Å²) in [5.74, 6) is 0. The maximum atomic E-state index is 6.42. The van der Waals surface area contributed by atoms with Gasteiger partial charge in [-0.25, -0.2) is 0 Å². The molecule has 0 amide bonds. The van der Waals surface area contributed by atoms with Gasteiger partial charge in [0, 0.05) is 17.5 Å². The van der Waals surface area contributed by atoms with Crippen LogP contribution < -0.4 is 5.32 Å². The zero-order chi connectivity index (χ0) is 13.8. The smallest absolute Gasteiger partial charge is 0.0708 e. The van der Waals surface area contributed by atoms with Crippen molar-refractivity contribution in [2.24, 2.45) is 0 Å². The molecule has 2 nitrogen and oxygen atoms in total. The van der Waals surface area contributed by atoms with Crippen LogP contribution in [0.1, 0.15) is 56.7 Å². The van der Waals surface area contributed by atoms with Crippen molar-refractivity contribution >= 4 is 11.3 Å². The van der Waals surface area contributed by atoms with E-state index in [1.165, 1.54) is 49.8 Å². The van der Waals surface area contributed by atoms with Crippen LogP contribution in [-0.2, 0) is 11.2 Å². The predicted octanol–water partition coefficient (Wildman–Crippen LogP) is 4.15. The molecule has 1 saturated carbocycles. The third-order valence-corrected chi connectivity index (χ3v) is 5.78. The van der Waals surface area contributed by atoms with E-state index >= 15 is 0 Å². The van der Waals surface area contributed by atoms with Crippen molar-refractivity contribution in [2.45, 2.75) is 76.0 Å². The van der Waals surface area contributed by atoms with E-state index in [1.54, 1.807) is 0 Å². The topological polar surface area (TPSA) is 21.3 Å². The molecule has 2 unspecified atom stereocenters. The van der Waals surface area contributed by atoms with Crippen LogP contribution in [0.25, 0.3) is 0 Å². The predicted molar refractivity (Wildman–Crippen MR) is 85.4 cm³/mol. The summed E-state index contributed by atoms with van der Waals surface area (Å²) in [4.78, 5) is 1.47. The molecule has 112 valence electrons. The van der Waals surface area contributed by atoms with E-state index in [2.05, 4.69) is 29.8 Å². The molecule has 1 N–H and O–H groups in total. The van der Waals surface area contributed by atoms with Crippen LogP contribution in [0.3, 0.4) is 0 Å². The molecule has 3 heteroatoms. The van der Waals surface area contributed by atoms with Crippen molar-refractivity contribution in [1.82, 2.24) is 5.32 Å². The molecule has 2 atom stereocenters. The third-order valence-electron chi connectivity index (χ3n) is 4.88. The zero-order valence-corrected chi connectivity index (χ0v) is 13.4. The van der Waals surface area contributed by atoms with Crippen LogP contribution in [-0.4, -0.2) is 24.3 Å². The monoisotopic (exact) mass is 293 g/mol. The highest BCUT2D eigenvalue weighted by Gasteiger charge is 2.40. The summed E-state index contributed by atoms with van der Waals surface area (Å²) in [5.41, 5.74) is 0.265. The normalized spacial score (nSPS) is 26.9. The number of thiophene rings is 1. The van der Waals surface area contributed by atoms with Gasteiger partial charge in [-0.3, -0.25) is 0 Å². The van der Waals surface area contributed by atoms with Gasteiger partial charge in [0.1, 0.15) is 0 Å². The number of hydrogen-bond acceptors (Lipinski definition) is 3. The van der Waals surface area contributed by atoms with Gasteiger partial charge in [0.2, 0.25) is 0 Å². The number of rotatable bonds is 5. The number of hydrogen-bond donors (Lipinski definition) is 1. The Morgan fingerprint density at radius 3 is 2.95 bits per heavy atom. The molecular weight excluding hydrogens is 266 g/mol. The van der Waals surface area contributed by atoms with Gasteiger partial charge in [0.25, 0.3) is 0 Å². The Bertz CT molecular complexity index is 397. The lowest BCUT2D eigenvalue weighted by atomic mass is 9.83. The van der Waals surface area contributed by atoms with E-state index in [9.17, 15) is 0 Å². The van der Waals surface area contributed by atoms with Crippen molar-refractivity contribution in [3.05, 3.63) is 22.4 Å². The van der Waals surface area contributed by atoms with Gasteiger partial charge < -0.3 is 10.1 Å². The Kier molecular flexibility index (Phi) is 4.79. The van der Waals surface area contributed by atoms with E-state index in [1.807, 2.05) is 11.3 Å². The molecule has 1 aliphatic carbocycles. The summed E-state index contributed by atoms with van der Waals surface area (Å²) in [6.45, 7) is 3.30. The first-order valence-corrected chi connectivity index (χ1v) is 9.07. The Morgan fingerprint density at radius 1 is 1.35 bits per heavy atom. The van der Waals surface area contributed by atoms with Crippen LogP contribution >= 0.6 is 11.3 Å². The van der Waals surface area contributed by atoms with Gasteiger partial charge in [-0.05, 0) is 50.5 Å². The fourth-order valence-electron chi connectivity index (χ4n) is 3.74. The van der Waals surface area contributed by atoms with Gasteiger partial charge in [-0.15, -0.1) is 11.3 Å². The largest absolute Gasteiger partial charge is 0.370 e. The summed E-state index contributed by atoms with van der Waals surface area (Å²) >= 11 is 1.86. The first-order chi connectivity index (χ1) is 9.76. The fourth-order valence-corrected chi connectivity index (χ4v) is 4.57. The van der Waals surface area contributed by atoms with E-state index in [0.29, 0.717) is 12.1 Å². The molecule has 0 bridgehead atoms. The molecule has 0 radical (unpaired) electrons. The Hall–Kier alpha value is -0.380. The Morgan fingerprint density at radius 2 is 2.20 bits per heavy atom. The van der Waals surface area contributed by atoms with Gasteiger partial charge in [-0.1, -0.05) is 25.3 Å². The molecule has 1 saturated heterocycles. The third kappa shape index (κ3) is 3.63. The molecule has 2 fully saturated rings. The van der Waals surface area contributed by atoms with Crippen molar-refractivity contribution in [1.29, 1.82) is 0 Å². The second-order valence-corrected chi connectivity index (χ2v) is 7.65. The lowest BCUT2D eigenvalue weighted by Gasteiger charge is -2.33. The average Bonchev–Trinajstić information content (AvgIpc) is 3.08. The van der Waals surface area contributed by atoms with Crippen LogP contribution in [0.15, 0.2) is 17.5 Å². The lowest BCUT2D eigenvalue weighted by molar-refractivity contribution is -0.0628. The number of ether oxygens (including phenoxy) is 1. The summed E-state index contributed by atoms with van der Waals surface area (Å²) < 4.78 is 6.42. The lowest BCUT2D eigenvalue weighted by Crippen LogP contribution is -2.37. The summed E-state index contributed by atoms with van der Waals surface area (Å²) in [7, 11) is 0. The Labute approximate surface area is 126 Å². The second-order valence-electron chi connectivity index (χ2n) is 6.61.